The Hall–Kier alpha value is -3.72. The smallest absolute Gasteiger partial charge is 0.246 e. The first kappa shape index (κ1) is 26.9. The Morgan fingerprint density at radius 2 is 1.72 bits per heavy atom. The summed E-state index contributed by atoms with van der Waals surface area (Å²) in [6, 6.07) is 12.4. The van der Waals surface area contributed by atoms with Crippen LogP contribution in [0.4, 0.5) is 4.39 Å². The zero-order chi connectivity index (χ0) is 26.2. The number of hydrogen-bond acceptors (Lipinski definition) is 4. The van der Waals surface area contributed by atoms with Gasteiger partial charge in [-0.15, -0.1) is 0 Å². The summed E-state index contributed by atoms with van der Waals surface area (Å²) in [6.45, 7) is 4.11. The molecule has 3 amide bonds. The predicted molar refractivity (Wildman–Crippen MR) is 135 cm³/mol. The summed E-state index contributed by atoms with van der Waals surface area (Å²) in [7, 11) is 1.51. The highest BCUT2D eigenvalue weighted by Crippen LogP contribution is 2.26. The zero-order valence-electron chi connectivity index (χ0n) is 20.8. The molecule has 0 saturated carbocycles. The SMILES string of the molecule is CNC(=O)[C@H](Cc1c(CC(C)C)[nH]c2ccccc12)NC(=O)CCC(=O)N(O)Cc1ccc(F)cc1. The first-order valence-corrected chi connectivity index (χ1v) is 12.0. The molecule has 0 saturated heterocycles. The number of aromatic amines is 1. The van der Waals surface area contributed by atoms with Crippen molar-refractivity contribution in [1.29, 1.82) is 0 Å². The minimum Gasteiger partial charge on any atom is -0.358 e. The van der Waals surface area contributed by atoms with E-state index in [-0.39, 0.29) is 25.3 Å². The largest absolute Gasteiger partial charge is 0.358 e. The fourth-order valence-electron chi connectivity index (χ4n) is 4.13. The van der Waals surface area contributed by atoms with E-state index in [1.165, 1.54) is 31.3 Å². The maximum atomic E-state index is 13.0. The quantitative estimate of drug-likeness (QED) is 0.240. The first-order valence-electron chi connectivity index (χ1n) is 12.0. The van der Waals surface area contributed by atoms with Crippen LogP contribution in [0.3, 0.4) is 0 Å². The molecule has 0 unspecified atom stereocenters. The summed E-state index contributed by atoms with van der Waals surface area (Å²) in [5, 5.41) is 16.9. The van der Waals surface area contributed by atoms with Crippen molar-refractivity contribution in [2.45, 2.75) is 52.1 Å². The highest BCUT2D eigenvalue weighted by atomic mass is 19.1. The number of nitrogens with one attached hydrogen (secondary N) is 3. The number of fused-ring (bicyclic) bond motifs is 1. The van der Waals surface area contributed by atoms with Crippen molar-refractivity contribution in [3.63, 3.8) is 0 Å². The van der Waals surface area contributed by atoms with Gasteiger partial charge in [-0.25, -0.2) is 9.45 Å². The van der Waals surface area contributed by atoms with Crippen LogP contribution in [0.25, 0.3) is 10.9 Å². The number of carbonyl (C=O) groups is 3. The van der Waals surface area contributed by atoms with Gasteiger partial charge >= 0.3 is 0 Å². The summed E-state index contributed by atoms with van der Waals surface area (Å²) in [5.74, 6) is -1.48. The van der Waals surface area contributed by atoms with E-state index in [9.17, 15) is 24.0 Å². The van der Waals surface area contributed by atoms with Gasteiger partial charge in [0, 0.05) is 42.9 Å². The number of nitrogens with zero attached hydrogens (tertiary/aromatic N) is 1. The molecule has 1 heterocycles. The molecule has 0 aliphatic rings. The molecule has 3 rings (SSSR count). The van der Waals surface area contributed by atoms with Crippen molar-refractivity contribution < 1.29 is 24.0 Å². The molecule has 3 aromatic rings. The van der Waals surface area contributed by atoms with Gasteiger partial charge in [0.25, 0.3) is 0 Å². The van der Waals surface area contributed by atoms with E-state index in [2.05, 4.69) is 29.5 Å². The number of hydroxylamine groups is 2. The van der Waals surface area contributed by atoms with Crippen LogP contribution in [-0.4, -0.2) is 46.1 Å². The number of H-pyrrole nitrogens is 1. The molecule has 36 heavy (non-hydrogen) atoms. The minimum atomic E-state index is -0.827. The number of halogens is 1. The van der Waals surface area contributed by atoms with Crippen LogP contribution >= 0.6 is 0 Å². The standard InChI is InChI=1S/C27H33FN4O4/c1-17(2)14-23-21(20-6-4-5-7-22(20)30-23)15-24(27(35)29-3)31-25(33)12-13-26(34)32(36)16-18-8-10-19(28)11-9-18/h4-11,17,24,30,36H,12-16H2,1-3H3,(H,29,35)(H,31,33)/t24-/m0/s1. The van der Waals surface area contributed by atoms with Gasteiger partial charge in [-0.2, -0.15) is 0 Å². The zero-order valence-corrected chi connectivity index (χ0v) is 20.8. The number of amides is 3. The fraction of sp³-hybridized carbons (Fsp3) is 0.370. The minimum absolute atomic E-state index is 0.124. The van der Waals surface area contributed by atoms with Gasteiger partial charge in [0.05, 0.1) is 6.54 Å². The Morgan fingerprint density at radius 3 is 2.39 bits per heavy atom. The fourth-order valence-corrected chi connectivity index (χ4v) is 4.13. The Balaban J connectivity index is 1.65. The van der Waals surface area contributed by atoms with E-state index in [0.29, 0.717) is 23.0 Å². The first-order chi connectivity index (χ1) is 17.2. The van der Waals surface area contributed by atoms with Crippen molar-refractivity contribution in [1.82, 2.24) is 20.7 Å². The van der Waals surface area contributed by atoms with E-state index < -0.39 is 23.7 Å². The topological polar surface area (TPSA) is 115 Å². The maximum Gasteiger partial charge on any atom is 0.246 e. The van der Waals surface area contributed by atoms with Gasteiger partial charge in [-0.3, -0.25) is 19.6 Å². The number of para-hydroxylation sites is 1. The number of hydrogen-bond donors (Lipinski definition) is 4. The van der Waals surface area contributed by atoms with Crippen molar-refractivity contribution in [2.75, 3.05) is 7.05 Å². The average molecular weight is 497 g/mol. The predicted octanol–water partition coefficient (Wildman–Crippen LogP) is 3.48. The van der Waals surface area contributed by atoms with Crippen LogP contribution in [0.2, 0.25) is 0 Å². The van der Waals surface area contributed by atoms with Gasteiger partial charge in [0.2, 0.25) is 17.7 Å². The van der Waals surface area contributed by atoms with Crippen LogP contribution in [0.15, 0.2) is 48.5 Å². The van der Waals surface area contributed by atoms with E-state index in [1.54, 1.807) is 0 Å². The third-order valence-corrected chi connectivity index (χ3v) is 5.92. The molecule has 0 fully saturated rings. The second kappa shape index (κ2) is 12.3. The van der Waals surface area contributed by atoms with Crippen molar-refractivity contribution in [3.8, 4) is 0 Å². The third-order valence-electron chi connectivity index (χ3n) is 5.92. The molecular weight excluding hydrogens is 463 g/mol. The van der Waals surface area contributed by atoms with Crippen molar-refractivity contribution >= 4 is 28.6 Å². The van der Waals surface area contributed by atoms with Crippen LogP contribution in [0.5, 0.6) is 0 Å². The number of carbonyl (C=O) groups excluding carboxylic acids is 3. The molecule has 0 bridgehead atoms. The van der Waals surface area contributed by atoms with E-state index in [4.69, 9.17) is 0 Å². The molecule has 1 atom stereocenters. The lowest BCUT2D eigenvalue weighted by Gasteiger charge is -2.19. The van der Waals surface area contributed by atoms with Gasteiger partial charge < -0.3 is 15.6 Å². The number of aromatic nitrogens is 1. The molecule has 9 heteroatoms. The summed E-state index contributed by atoms with van der Waals surface area (Å²) in [4.78, 5) is 41.0. The molecule has 192 valence electrons. The summed E-state index contributed by atoms with van der Waals surface area (Å²) < 4.78 is 13.0. The van der Waals surface area contributed by atoms with Gasteiger partial charge in [-0.1, -0.05) is 44.2 Å². The average Bonchev–Trinajstić information content (AvgIpc) is 3.19. The maximum absolute atomic E-state index is 13.0. The monoisotopic (exact) mass is 496 g/mol. The second-order valence-electron chi connectivity index (χ2n) is 9.24. The van der Waals surface area contributed by atoms with E-state index >= 15 is 0 Å². The van der Waals surface area contributed by atoms with Gasteiger partial charge in [-0.05, 0) is 41.7 Å². The van der Waals surface area contributed by atoms with Crippen LogP contribution in [-0.2, 0) is 33.8 Å². The Labute approximate surface area is 209 Å². The molecule has 0 spiro atoms. The molecule has 1 aromatic heterocycles. The van der Waals surface area contributed by atoms with Crippen LogP contribution in [0.1, 0.15) is 43.5 Å². The number of benzene rings is 2. The molecule has 8 nitrogen and oxygen atoms in total. The highest BCUT2D eigenvalue weighted by molar-refractivity contribution is 5.91. The lowest BCUT2D eigenvalue weighted by Crippen LogP contribution is -2.47. The lowest BCUT2D eigenvalue weighted by atomic mass is 9.97. The van der Waals surface area contributed by atoms with Gasteiger partial charge in [0.1, 0.15) is 11.9 Å². The van der Waals surface area contributed by atoms with E-state index in [0.717, 1.165) is 28.6 Å². The summed E-state index contributed by atoms with van der Waals surface area (Å²) in [5.41, 5.74) is 3.53. The molecule has 2 aromatic carbocycles. The Kier molecular flexibility index (Phi) is 9.19. The third kappa shape index (κ3) is 7.14. The van der Waals surface area contributed by atoms with E-state index in [1.807, 2.05) is 24.3 Å². The van der Waals surface area contributed by atoms with Crippen LogP contribution in [0, 0.1) is 11.7 Å². The molecule has 0 aliphatic carbocycles. The summed E-state index contributed by atoms with van der Waals surface area (Å²) >= 11 is 0. The number of rotatable bonds is 11. The van der Waals surface area contributed by atoms with Crippen molar-refractivity contribution in [3.05, 3.63) is 71.2 Å². The molecule has 0 radical (unpaired) electrons. The van der Waals surface area contributed by atoms with Crippen molar-refractivity contribution in [2.24, 2.45) is 5.92 Å². The highest BCUT2D eigenvalue weighted by Gasteiger charge is 2.24. The lowest BCUT2D eigenvalue weighted by molar-refractivity contribution is -0.168. The Morgan fingerprint density at radius 1 is 1.03 bits per heavy atom. The molecule has 0 aliphatic heterocycles. The number of likely N-dealkylation sites (N-methyl/N-ethyl adjacent to an activating group) is 1. The molecule has 4 N–H and O–H groups in total. The summed E-state index contributed by atoms with van der Waals surface area (Å²) in [6.07, 6.45) is 0.657. The van der Waals surface area contributed by atoms with Gasteiger partial charge in [0.15, 0.2) is 0 Å². The van der Waals surface area contributed by atoms with Crippen LogP contribution < -0.4 is 10.6 Å². The molecular formula is C27H33FN4O4. The second-order valence-corrected chi connectivity index (χ2v) is 9.24. The normalized spacial score (nSPS) is 11.9. The Bertz CT molecular complexity index is 1210.